The van der Waals surface area contributed by atoms with Gasteiger partial charge >= 0.3 is 0 Å². The van der Waals surface area contributed by atoms with E-state index in [0.29, 0.717) is 17.5 Å². The van der Waals surface area contributed by atoms with Crippen LogP contribution in [0.15, 0.2) is 222 Å². The van der Waals surface area contributed by atoms with E-state index in [-0.39, 0.29) is 0 Å². The molecular formula is C63H33N3O5. The van der Waals surface area contributed by atoms with Gasteiger partial charge in [0.05, 0.1) is 0 Å². The van der Waals surface area contributed by atoms with E-state index in [4.69, 9.17) is 37.0 Å². The largest absolute Gasteiger partial charge is 0.456 e. The molecule has 71 heavy (non-hydrogen) atoms. The molecule has 6 heterocycles. The van der Waals surface area contributed by atoms with Crippen molar-refractivity contribution >= 4 is 110 Å². The number of para-hydroxylation sites is 3. The topological polar surface area (TPSA) is 104 Å². The van der Waals surface area contributed by atoms with Gasteiger partial charge in [0.2, 0.25) is 0 Å². The second kappa shape index (κ2) is 14.4. The third-order valence-corrected chi connectivity index (χ3v) is 14.2. The van der Waals surface area contributed by atoms with E-state index in [1.807, 2.05) is 91.0 Å². The van der Waals surface area contributed by atoms with E-state index in [0.717, 1.165) is 149 Å². The third kappa shape index (κ3) is 5.70. The van der Waals surface area contributed by atoms with Gasteiger partial charge in [-0.2, -0.15) is 0 Å². The van der Waals surface area contributed by atoms with E-state index in [2.05, 4.69) is 109 Å². The maximum Gasteiger partial charge on any atom is 0.164 e. The van der Waals surface area contributed by atoms with Crippen LogP contribution in [0, 0.1) is 0 Å². The highest BCUT2D eigenvalue weighted by atomic mass is 16.3. The van der Waals surface area contributed by atoms with Crippen LogP contribution in [0.25, 0.3) is 166 Å². The lowest BCUT2D eigenvalue weighted by atomic mass is 9.98. The average molecular weight is 912 g/mol. The van der Waals surface area contributed by atoms with E-state index >= 15 is 0 Å². The number of furan rings is 5. The third-order valence-electron chi connectivity index (χ3n) is 14.2. The predicted molar refractivity (Wildman–Crippen MR) is 283 cm³/mol. The van der Waals surface area contributed by atoms with Gasteiger partial charge in [-0.3, -0.25) is 0 Å². The van der Waals surface area contributed by atoms with Crippen LogP contribution in [0.4, 0.5) is 0 Å². The number of nitrogens with zero attached hydrogens (tertiary/aromatic N) is 3. The highest BCUT2D eigenvalue weighted by molar-refractivity contribution is 6.16. The highest BCUT2D eigenvalue weighted by Crippen LogP contribution is 2.44. The minimum Gasteiger partial charge on any atom is -0.456 e. The highest BCUT2D eigenvalue weighted by Gasteiger charge is 2.23. The van der Waals surface area contributed by atoms with Crippen molar-refractivity contribution in [2.45, 2.75) is 0 Å². The van der Waals surface area contributed by atoms with E-state index in [1.54, 1.807) is 0 Å². The first-order valence-electron chi connectivity index (χ1n) is 23.5. The Bertz CT molecular complexity index is 4660. The summed E-state index contributed by atoms with van der Waals surface area (Å²) in [6, 6.07) is 68.1. The summed E-state index contributed by atoms with van der Waals surface area (Å²) in [5.41, 5.74) is 14.7. The van der Waals surface area contributed by atoms with Gasteiger partial charge in [-0.25, -0.2) is 15.0 Å². The molecule has 0 unspecified atom stereocenters. The maximum atomic E-state index is 6.61. The number of benzene rings is 10. The zero-order valence-corrected chi connectivity index (χ0v) is 37.4. The van der Waals surface area contributed by atoms with Gasteiger partial charge in [-0.05, 0) is 107 Å². The lowest BCUT2D eigenvalue weighted by Crippen LogP contribution is -2.01. The van der Waals surface area contributed by atoms with E-state index in [9.17, 15) is 0 Å². The van der Waals surface area contributed by atoms with Gasteiger partial charge in [0, 0.05) is 70.6 Å². The summed E-state index contributed by atoms with van der Waals surface area (Å²) in [4.78, 5) is 16.2. The second-order valence-electron chi connectivity index (χ2n) is 18.2. The number of hydrogen-bond donors (Lipinski definition) is 0. The molecule has 0 N–H and O–H groups in total. The molecule has 6 aromatic heterocycles. The molecule has 8 nitrogen and oxygen atoms in total. The zero-order valence-electron chi connectivity index (χ0n) is 37.4. The summed E-state index contributed by atoms with van der Waals surface area (Å²) >= 11 is 0. The van der Waals surface area contributed by atoms with Gasteiger partial charge in [-0.15, -0.1) is 0 Å². The Labute approximate surface area is 401 Å². The minimum absolute atomic E-state index is 0.505. The molecular weight excluding hydrogens is 879 g/mol. The Morgan fingerprint density at radius 1 is 0.211 bits per heavy atom. The Hall–Kier alpha value is -9.79. The first-order valence-corrected chi connectivity index (χ1v) is 23.5. The maximum absolute atomic E-state index is 6.61. The van der Waals surface area contributed by atoms with Gasteiger partial charge in [-0.1, -0.05) is 115 Å². The molecule has 0 amide bonds. The van der Waals surface area contributed by atoms with Crippen molar-refractivity contribution in [3.8, 4) is 56.4 Å². The standard InChI is InChI=1S/C63H33N3O5/c1-4-16-48-38(10-1)44-30-34(22-26-51(44)67-48)36-24-28-53-46(32-36)59-42(14-8-20-56(59)70-53)62-64-61(41-13-7-19-55-58(41)40-12-3-6-18-50(40)69-55)65-63(66-62)43-15-9-21-57-60(43)47-33-37(25-29-54(47)71-57)35-23-27-52-45(31-35)39-11-2-5-17-49(39)68-52/h1-33H. The van der Waals surface area contributed by atoms with Crippen molar-refractivity contribution in [2.75, 3.05) is 0 Å². The van der Waals surface area contributed by atoms with E-state index < -0.39 is 0 Å². The summed E-state index contributed by atoms with van der Waals surface area (Å²) in [7, 11) is 0. The zero-order chi connectivity index (χ0) is 46.3. The second-order valence-corrected chi connectivity index (χ2v) is 18.2. The van der Waals surface area contributed by atoms with Crippen LogP contribution in [-0.2, 0) is 0 Å². The molecule has 10 aromatic carbocycles. The Kier molecular flexibility index (Phi) is 7.73. The Balaban J connectivity index is 0.920. The Morgan fingerprint density at radius 2 is 0.493 bits per heavy atom. The first kappa shape index (κ1) is 38.2. The van der Waals surface area contributed by atoms with E-state index in [1.165, 1.54) is 0 Å². The van der Waals surface area contributed by atoms with Crippen LogP contribution in [-0.4, -0.2) is 15.0 Å². The average Bonchev–Trinajstić information content (AvgIpc) is 4.26. The SMILES string of the molecule is c1ccc2c(c1)oc1ccc(-c3ccc4oc5cccc(-c6nc(-c7cccc8oc9ccccc9c78)nc(-c7cccc8oc9ccc(-c%10ccc%11oc%12ccccc%12c%11c%10)cc9c78)n6)c5c4c3)cc12. The molecule has 0 saturated heterocycles. The lowest BCUT2D eigenvalue weighted by molar-refractivity contribution is 0.668. The first-order chi connectivity index (χ1) is 35.1. The van der Waals surface area contributed by atoms with Gasteiger partial charge in [0.1, 0.15) is 55.8 Å². The molecule has 0 atom stereocenters. The molecule has 0 aliphatic rings. The summed E-state index contributed by atoms with van der Waals surface area (Å²) in [6.07, 6.45) is 0. The normalized spacial score (nSPS) is 12.2. The van der Waals surface area contributed by atoms with Gasteiger partial charge in [0.15, 0.2) is 17.5 Å². The molecule has 0 aliphatic carbocycles. The fraction of sp³-hybridized carbons (Fsp3) is 0. The summed E-state index contributed by atoms with van der Waals surface area (Å²) in [6.45, 7) is 0. The van der Waals surface area contributed by atoms with Crippen molar-refractivity contribution in [1.29, 1.82) is 0 Å². The quantitative estimate of drug-likeness (QED) is 0.168. The van der Waals surface area contributed by atoms with Crippen molar-refractivity contribution < 1.29 is 22.1 Å². The van der Waals surface area contributed by atoms with Crippen molar-refractivity contribution in [2.24, 2.45) is 0 Å². The van der Waals surface area contributed by atoms with Crippen LogP contribution >= 0.6 is 0 Å². The number of rotatable bonds is 5. The van der Waals surface area contributed by atoms with Crippen LogP contribution in [0.1, 0.15) is 0 Å². The summed E-state index contributed by atoms with van der Waals surface area (Å²) < 4.78 is 32.0. The molecule has 330 valence electrons. The smallest absolute Gasteiger partial charge is 0.164 e. The fourth-order valence-corrected chi connectivity index (χ4v) is 10.9. The van der Waals surface area contributed by atoms with Crippen LogP contribution in [0.5, 0.6) is 0 Å². The van der Waals surface area contributed by atoms with Crippen LogP contribution in [0.3, 0.4) is 0 Å². The molecule has 0 fully saturated rings. The van der Waals surface area contributed by atoms with Crippen LogP contribution in [0.2, 0.25) is 0 Å². The van der Waals surface area contributed by atoms with Crippen molar-refractivity contribution in [1.82, 2.24) is 15.0 Å². The molecule has 16 rings (SSSR count). The fourth-order valence-electron chi connectivity index (χ4n) is 10.9. The number of aromatic nitrogens is 3. The molecule has 0 aliphatic heterocycles. The molecule has 0 radical (unpaired) electrons. The predicted octanol–water partition coefficient (Wildman–Crippen LogP) is 17.7. The molecule has 0 spiro atoms. The number of hydrogen-bond acceptors (Lipinski definition) is 8. The summed E-state index contributed by atoms with van der Waals surface area (Å²) in [5.74, 6) is 1.52. The molecule has 0 saturated carbocycles. The molecule has 8 heteroatoms. The molecule has 0 bridgehead atoms. The monoisotopic (exact) mass is 911 g/mol. The Morgan fingerprint density at radius 3 is 0.901 bits per heavy atom. The minimum atomic E-state index is 0.505. The van der Waals surface area contributed by atoms with Crippen LogP contribution < -0.4 is 0 Å². The van der Waals surface area contributed by atoms with Crippen molar-refractivity contribution in [3.05, 3.63) is 200 Å². The molecule has 16 aromatic rings. The summed E-state index contributed by atoms with van der Waals surface area (Å²) in [5, 5.41) is 9.96. The van der Waals surface area contributed by atoms with Gasteiger partial charge < -0.3 is 22.1 Å². The lowest BCUT2D eigenvalue weighted by Gasteiger charge is -2.11. The van der Waals surface area contributed by atoms with Gasteiger partial charge in [0.25, 0.3) is 0 Å². The van der Waals surface area contributed by atoms with Crippen molar-refractivity contribution in [3.63, 3.8) is 0 Å². The number of fused-ring (bicyclic) bond motifs is 15.